The molecule has 0 saturated carbocycles. The van der Waals surface area contributed by atoms with Crippen LogP contribution in [-0.4, -0.2) is 9.97 Å². The first-order valence-electron chi connectivity index (χ1n) is 3.52. The molecule has 0 aliphatic rings. The third-order valence-corrected chi connectivity index (χ3v) is 1.03. The zero-order valence-electron chi connectivity index (χ0n) is 7.81. The smallest absolute Gasteiger partial charge is 0.304 e. The van der Waals surface area contributed by atoms with Gasteiger partial charge in [0.05, 0.1) is 0 Å². The van der Waals surface area contributed by atoms with E-state index in [1.54, 1.807) is 24.8 Å². The van der Waals surface area contributed by atoms with E-state index < -0.39 is 0 Å². The Bertz CT molecular complexity index is 194. The summed E-state index contributed by atoms with van der Waals surface area (Å²) < 4.78 is 0. The van der Waals surface area contributed by atoms with Gasteiger partial charge in [-0.1, -0.05) is 24.8 Å². The molecule has 0 unspecified atom stereocenters. The molecule has 2 aromatic heterocycles. The Hall–Kier alpha value is -0.583. The van der Waals surface area contributed by atoms with Gasteiger partial charge in [-0.2, -0.15) is 12.1 Å². The molecule has 2 nitrogen and oxygen atoms in total. The monoisotopic (exact) mass is 226 g/mol. The molecular weight excluding hydrogens is 219 g/mol. The van der Waals surface area contributed by atoms with E-state index in [-0.39, 0.29) is 35.9 Å². The molecule has 0 saturated heterocycles. The molecule has 0 aromatic carbocycles. The summed E-state index contributed by atoms with van der Waals surface area (Å²) in [5, 5.41) is 0. The molecule has 2 heterocycles. The third-order valence-electron chi connectivity index (χ3n) is 1.03. The fourth-order valence-electron chi connectivity index (χ4n) is 0.555. The molecule has 2 aromatic rings. The first-order chi connectivity index (χ1) is 6.00. The van der Waals surface area contributed by atoms with Crippen molar-refractivity contribution in [2.24, 2.45) is 0 Å². The van der Waals surface area contributed by atoms with Crippen molar-refractivity contribution in [1.29, 1.82) is 0 Å². The number of nitrogens with zero attached hydrogens (tertiary/aromatic N) is 2. The molecule has 0 aliphatic carbocycles. The number of hydrogen-bond donors (Lipinski definition) is 0. The molecule has 14 heavy (non-hydrogen) atoms. The van der Waals surface area contributed by atoms with Crippen molar-refractivity contribution < 1.29 is 35.9 Å². The maximum absolute atomic E-state index is 3.73. The molecule has 0 atom stereocenters. The topological polar surface area (TPSA) is 25.8 Å². The zero-order valence-corrected chi connectivity index (χ0v) is 8.76. The van der Waals surface area contributed by atoms with E-state index in [2.05, 4.69) is 22.1 Å². The normalized spacial score (nSPS) is 6.86. The van der Waals surface area contributed by atoms with Gasteiger partial charge in [0, 0.05) is 0 Å². The van der Waals surface area contributed by atoms with Crippen LogP contribution >= 0.6 is 0 Å². The summed E-state index contributed by atoms with van der Waals surface area (Å²) in [7, 11) is 0. The molecule has 0 radical (unpaired) electrons. The summed E-state index contributed by atoms with van der Waals surface area (Å²) in [6.45, 7) is 0. The Kier molecular flexibility index (Phi) is 14.1. The SMILES string of the molecule is [Cu+].[Li+].[c-]1cccnc1.[c-]1cccnc1. The van der Waals surface area contributed by atoms with Crippen molar-refractivity contribution in [3.63, 3.8) is 0 Å². The molecule has 0 fully saturated rings. The van der Waals surface area contributed by atoms with Gasteiger partial charge in [-0.3, -0.25) is 0 Å². The number of pyridine rings is 2. The summed E-state index contributed by atoms with van der Waals surface area (Å²) in [6, 6.07) is 12.9. The molecule has 0 aliphatic heterocycles. The van der Waals surface area contributed by atoms with Crippen LogP contribution in [0.25, 0.3) is 0 Å². The minimum absolute atomic E-state index is 0. The molecule has 0 bridgehead atoms. The van der Waals surface area contributed by atoms with Crippen LogP contribution in [0.4, 0.5) is 0 Å². The van der Waals surface area contributed by atoms with Crippen molar-refractivity contribution in [3.05, 3.63) is 61.2 Å². The fourth-order valence-corrected chi connectivity index (χ4v) is 0.555. The van der Waals surface area contributed by atoms with Crippen LogP contribution < -0.4 is 18.9 Å². The Balaban J connectivity index is 0. The van der Waals surface area contributed by atoms with Gasteiger partial charge in [0.2, 0.25) is 0 Å². The van der Waals surface area contributed by atoms with E-state index in [1.165, 1.54) is 0 Å². The van der Waals surface area contributed by atoms with Crippen molar-refractivity contribution in [2.45, 2.75) is 0 Å². The molecule has 2 rings (SSSR count). The summed E-state index contributed by atoms with van der Waals surface area (Å²) >= 11 is 0. The average Bonchev–Trinajstić information content (AvgIpc) is 2.24. The summed E-state index contributed by atoms with van der Waals surface area (Å²) in [5.74, 6) is 0. The number of rotatable bonds is 0. The second-order valence-electron chi connectivity index (χ2n) is 1.91. The molecule has 4 heteroatoms. The number of aromatic nitrogens is 2. The fraction of sp³-hybridized carbons (Fsp3) is 0. The maximum Gasteiger partial charge on any atom is 1.00 e. The quantitative estimate of drug-likeness (QED) is 0.415. The van der Waals surface area contributed by atoms with Crippen LogP contribution in [0.1, 0.15) is 0 Å². The van der Waals surface area contributed by atoms with Crippen molar-refractivity contribution in [1.82, 2.24) is 9.97 Å². The maximum atomic E-state index is 3.73. The van der Waals surface area contributed by atoms with Crippen molar-refractivity contribution in [3.8, 4) is 0 Å². The largest absolute Gasteiger partial charge is 1.00 e. The van der Waals surface area contributed by atoms with Crippen LogP contribution in [0.3, 0.4) is 0 Å². The van der Waals surface area contributed by atoms with Gasteiger partial charge in [0.1, 0.15) is 0 Å². The van der Waals surface area contributed by atoms with E-state index in [9.17, 15) is 0 Å². The van der Waals surface area contributed by atoms with Crippen LogP contribution in [0, 0.1) is 12.1 Å². The van der Waals surface area contributed by atoms with E-state index in [0.717, 1.165) is 0 Å². The molecule has 0 spiro atoms. The van der Waals surface area contributed by atoms with Gasteiger partial charge in [-0.15, -0.1) is 0 Å². The summed E-state index contributed by atoms with van der Waals surface area (Å²) in [6.07, 6.45) is 6.69. The minimum atomic E-state index is 0. The zero-order chi connectivity index (χ0) is 8.49. The van der Waals surface area contributed by atoms with Gasteiger partial charge in [-0.25, -0.2) is 24.3 Å². The van der Waals surface area contributed by atoms with E-state index in [1.807, 2.05) is 24.3 Å². The standard InChI is InChI=1S/2C5H4N.Cu.Li/c2*1-2-4-6-5-3-1;;/h2*1-2,4-5H;;/q2*-1;2*+1. The first kappa shape index (κ1) is 15.9. The predicted molar refractivity (Wildman–Crippen MR) is 46.1 cm³/mol. The molecule has 70 valence electrons. The Labute approximate surface area is 107 Å². The van der Waals surface area contributed by atoms with E-state index in [4.69, 9.17) is 0 Å². The van der Waals surface area contributed by atoms with Crippen LogP contribution in [-0.2, 0) is 17.1 Å². The Morgan fingerprint density at radius 1 is 0.786 bits per heavy atom. The van der Waals surface area contributed by atoms with Crippen molar-refractivity contribution >= 4 is 0 Å². The molecule has 0 N–H and O–H groups in total. The summed E-state index contributed by atoms with van der Waals surface area (Å²) in [4.78, 5) is 7.46. The van der Waals surface area contributed by atoms with Crippen LogP contribution in [0.5, 0.6) is 0 Å². The second kappa shape index (κ2) is 12.4. The Morgan fingerprint density at radius 2 is 1.21 bits per heavy atom. The summed E-state index contributed by atoms with van der Waals surface area (Å²) in [5.41, 5.74) is 0. The van der Waals surface area contributed by atoms with Gasteiger partial charge in [0.15, 0.2) is 0 Å². The average molecular weight is 227 g/mol. The predicted octanol–water partition coefficient (Wildman–Crippen LogP) is -1.23. The van der Waals surface area contributed by atoms with Crippen molar-refractivity contribution in [2.75, 3.05) is 0 Å². The van der Waals surface area contributed by atoms with Gasteiger partial charge in [-0.05, 0) is 0 Å². The van der Waals surface area contributed by atoms with Gasteiger partial charge < -0.3 is 9.97 Å². The van der Waals surface area contributed by atoms with Gasteiger partial charge in [0.25, 0.3) is 0 Å². The molecular formula is C10H8CuLiN2. The second-order valence-corrected chi connectivity index (χ2v) is 1.91. The van der Waals surface area contributed by atoms with Crippen LogP contribution in [0.2, 0.25) is 0 Å². The van der Waals surface area contributed by atoms with Crippen LogP contribution in [0.15, 0.2) is 49.1 Å². The van der Waals surface area contributed by atoms with Gasteiger partial charge >= 0.3 is 35.9 Å². The minimum Gasteiger partial charge on any atom is -0.304 e. The first-order valence-corrected chi connectivity index (χ1v) is 3.52. The Morgan fingerprint density at radius 3 is 1.29 bits per heavy atom. The molecule has 0 amide bonds. The van der Waals surface area contributed by atoms with E-state index >= 15 is 0 Å². The number of hydrogen-bond acceptors (Lipinski definition) is 2. The third kappa shape index (κ3) is 9.50. The van der Waals surface area contributed by atoms with E-state index in [0.29, 0.717) is 0 Å².